The molecule has 25 heavy (non-hydrogen) atoms. The van der Waals surface area contributed by atoms with Gasteiger partial charge in [-0.1, -0.05) is 19.9 Å². The van der Waals surface area contributed by atoms with Gasteiger partial charge in [-0.25, -0.2) is 17.8 Å². The first-order valence-corrected chi connectivity index (χ1v) is 10.2. The molecule has 2 aliphatic rings. The van der Waals surface area contributed by atoms with E-state index in [1.54, 1.807) is 18.3 Å². The molecule has 4 nitrogen and oxygen atoms in total. The average Bonchev–Trinajstić information content (AvgIpc) is 3.24. The van der Waals surface area contributed by atoms with Crippen molar-refractivity contribution in [3.05, 3.63) is 47.9 Å². The van der Waals surface area contributed by atoms with Crippen molar-refractivity contribution in [2.24, 2.45) is 5.41 Å². The van der Waals surface area contributed by atoms with Crippen LogP contribution in [0.1, 0.15) is 38.2 Å². The standard InChI is InChI=1S/C19H21FN2O2S/c1-13(2)15-7-16(9-17(20)8-15)14-3-4-18(21-10-14)22-11-19(5-6-19)12-25(22,23)24/h3-4,7-10,13H,5-6,11-12H2,1-2H3. The SMILES string of the molecule is CC(C)c1cc(F)cc(-c2ccc(N3CC4(CC4)CS3(=O)=O)nc2)c1. The molecule has 1 aromatic carbocycles. The number of pyridine rings is 1. The van der Waals surface area contributed by atoms with Crippen LogP contribution < -0.4 is 4.31 Å². The minimum atomic E-state index is -3.28. The molecule has 0 atom stereocenters. The molecule has 1 aromatic heterocycles. The summed E-state index contributed by atoms with van der Waals surface area (Å²) >= 11 is 0. The summed E-state index contributed by atoms with van der Waals surface area (Å²) in [4.78, 5) is 4.35. The zero-order chi connectivity index (χ0) is 17.8. The van der Waals surface area contributed by atoms with E-state index in [0.717, 1.165) is 29.5 Å². The summed E-state index contributed by atoms with van der Waals surface area (Å²) < 4.78 is 40.1. The van der Waals surface area contributed by atoms with Gasteiger partial charge in [-0.3, -0.25) is 4.31 Å². The van der Waals surface area contributed by atoms with Gasteiger partial charge in [-0.2, -0.15) is 0 Å². The van der Waals surface area contributed by atoms with E-state index in [2.05, 4.69) is 4.98 Å². The molecule has 1 aliphatic carbocycles. The maximum atomic E-state index is 13.9. The number of benzene rings is 1. The number of hydrogen-bond donors (Lipinski definition) is 0. The topological polar surface area (TPSA) is 50.3 Å². The van der Waals surface area contributed by atoms with Crippen molar-refractivity contribution in [3.8, 4) is 11.1 Å². The molecule has 2 aromatic rings. The Balaban J connectivity index is 1.65. The van der Waals surface area contributed by atoms with E-state index in [0.29, 0.717) is 12.4 Å². The molecule has 2 heterocycles. The van der Waals surface area contributed by atoms with Gasteiger partial charge in [0.2, 0.25) is 10.0 Å². The van der Waals surface area contributed by atoms with Crippen molar-refractivity contribution in [3.63, 3.8) is 0 Å². The van der Waals surface area contributed by atoms with Crippen LogP contribution >= 0.6 is 0 Å². The molecule has 0 N–H and O–H groups in total. The van der Waals surface area contributed by atoms with Gasteiger partial charge in [-0.05, 0) is 54.2 Å². The van der Waals surface area contributed by atoms with Gasteiger partial charge < -0.3 is 0 Å². The van der Waals surface area contributed by atoms with Crippen molar-refractivity contribution in [1.82, 2.24) is 4.98 Å². The van der Waals surface area contributed by atoms with Crippen LogP contribution in [0.5, 0.6) is 0 Å². The molecule has 132 valence electrons. The highest BCUT2D eigenvalue weighted by molar-refractivity contribution is 7.93. The van der Waals surface area contributed by atoms with E-state index >= 15 is 0 Å². The molecule has 2 fully saturated rings. The van der Waals surface area contributed by atoms with Crippen molar-refractivity contribution in [1.29, 1.82) is 0 Å². The highest BCUT2D eigenvalue weighted by Gasteiger charge is 2.55. The lowest BCUT2D eigenvalue weighted by Gasteiger charge is -2.16. The molecule has 0 radical (unpaired) electrons. The monoisotopic (exact) mass is 360 g/mol. The van der Waals surface area contributed by atoms with Gasteiger partial charge in [0.25, 0.3) is 0 Å². The van der Waals surface area contributed by atoms with Crippen molar-refractivity contribution >= 4 is 15.8 Å². The molecule has 1 saturated heterocycles. The molecular weight excluding hydrogens is 339 g/mol. The Morgan fingerprint density at radius 2 is 1.92 bits per heavy atom. The fourth-order valence-corrected chi connectivity index (χ4v) is 5.61. The fraction of sp³-hybridized carbons (Fsp3) is 0.421. The molecule has 0 amide bonds. The van der Waals surface area contributed by atoms with E-state index in [1.165, 1.54) is 10.4 Å². The highest BCUT2D eigenvalue weighted by Crippen LogP contribution is 2.52. The minimum Gasteiger partial charge on any atom is -0.253 e. The first kappa shape index (κ1) is 16.5. The van der Waals surface area contributed by atoms with E-state index in [9.17, 15) is 12.8 Å². The van der Waals surface area contributed by atoms with Crippen LogP contribution in [0.3, 0.4) is 0 Å². The fourth-order valence-electron chi connectivity index (χ4n) is 3.43. The molecule has 1 saturated carbocycles. The maximum Gasteiger partial charge on any atom is 0.236 e. The third kappa shape index (κ3) is 3.03. The van der Waals surface area contributed by atoms with Gasteiger partial charge in [-0.15, -0.1) is 0 Å². The maximum absolute atomic E-state index is 13.9. The smallest absolute Gasteiger partial charge is 0.236 e. The Morgan fingerprint density at radius 1 is 1.16 bits per heavy atom. The number of halogens is 1. The van der Waals surface area contributed by atoms with Crippen molar-refractivity contribution in [2.45, 2.75) is 32.6 Å². The summed E-state index contributed by atoms with van der Waals surface area (Å²) in [6, 6.07) is 8.51. The third-order valence-corrected chi connectivity index (χ3v) is 7.15. The number of sulfonamides is 1. The Bertz CT molecular complexity index is 919. The van der Waals surface area contributed by atoms with Crippen LogP contribution in [0.2, 0.25) is 0 Å². The summed E-state index contributed by atoms with van der Waals surface area (Å²) in [5.74, 6) is 0.632. The summed E-state index contributed by atoms with van der Waals surface area (Å²) in [5.41, 5.74) is 2.42. The number of anilines is 1. The molecule has 1 spiro atoms. The zero-order valence-corrected chi connectivity index (χ0v) is 15.2. The molecule has 0 unspecified atom stereocenters. The number of hydrogen-bond acceptors (Lipinski definition) is 3. The van der Waals surface area contributed by atoms with Gasteiger partial charge in [0.15, 0.2) is 0 Å². The second-order valence-corrected chi connectivity index (χ2v) is 9.49. The van der Waals surface area contributed by atoms with Crippen LogP contribution in [0.25, 0.3) is 11.1 Å². The highest BCUT2D eigenvalue weighted by atomic mass is 32.2. The summed E-state index contributed by atoms with van der Waals surface area (Å²) in [6.07, 6.45) is 3.58. The number of nitrogens with zero attached hydrogens (tertiary/aromatic N) is 2. The predicted molar refractivity (Wildman–Crippen MR) is 96.5 cm³/mol. The Labute approximate surface area is 147 Å². The number of aromatic nitrogens is 1. The van der Waals surface area contributed by atoms with Gasteiger partial charge in [0.1, 0.15) is 11.6 Å². The van der Waals surface area contributed by atoms with Gasteiger partial charge in [0, 0.05) is 23.7 Å². The average molecular weight is 360 g/mol. The Hall–Kier alpha value is -1.95. The predicted octanol–water partition coefficient (Wildman–Crippen LogP) is 3.94. The zero-order valence-electron chi connectivity index (χ0n) is 14.4. The van der Waals surface area contributed by atoms with Gasteiger partial charge in [0.05, 0.1) is 5.75 Å². The van der Waals surface area contributed by atoms with Crippen molar-refractivity contribution in [2.75, 3.05) is 16.6 Å². The normalized spacial score (nSPS) is 20.4. The van der Waals surface area contributed by atoms with Gasteiger partial charge >= 0.3 is 0 Å². The van der Waals surface area contributed by atoms with Crippen molar-refractivity contribution < 1.29 is 12.8 Å². The second-order valence-electron chi connectivity index (χ2n) is 7.60. The third-order valence-electron chi connectivity index (χ3n) is 5.18. The van der Waals surface area contributed by atoms with E-state index < -0.39 is 10.0 Å². The Morgan fingerprint density at radius 3 is 2.48 bits per heavy atom. The van der Waals surface area contributed by atoms with E-state index in [-0.39, 0.29) is 22.9 Å². The molecule has 1 aliphatic heterocycles. The molecule has 0 bridgehead atoms. The summed E-state index contributed by atoms with van der Waals surface area (Å²) in [5, 5.41) is 0. The van der Waals surface area contributed by atoms with Crippen LogP contribution in [-0.4, -0.2) is 25.7 Å². The second kappa shape index (κ2) is 5.53. The summed E-state index contributed by atoms with van der Waals surface area (Å²) in [7, 11) is -3.28. The van der Waals surface area contributed by atoms with Crippen LogP contribution in [0.15, 0.2) is 36.5 Å². The van der Waals surface area contributed by atoms with Crippen LogP contribution in [0.4, 0.5) is 10.2 Å². The van der Waals surface area contributed by atoms with Crippen LogP contribution in [-0.2, 0) is 10.0 Å². The minimum absolute atomic E-state index is 0.0477. The first-order chi connectivity index (χ1) is 11.8. The lowest BCUT2D eigenvalue weighted by atomic mass is 9.98. The number of rotatable bonds is 3. The van der Waals surface area contributed by atoms with E-state index in [1.807, 2.05) is 26.0 Å². The molecular formula is C19H21FN2O2S. The molecule has 4 rings (SSSR count). The summed E-state index contributed by atoms with van der Waals surface area (Å²) in [6.45, 7) is 4.57. The lowest BCUT2D eigenvalue weighted by Crippen LogP contribution is -2.26. The van der Waals surface area contributed by atoms with Crippen LogP contribution in [0, 0.1) is 11.2 Å². The largest absolute Gasteiger partial charge is 0.253 e. The lowest BCUT2D eigenvalue weighted by molar-refractivity contribution is 0.593. The first-order valence-electron chi connectivity index (χ1n) is 8.55. The Kier molecular flexibility index (Phi) is 3.65. The van der Waals surface area contributed by atoms with E-state index in [4.69, 9.17) is 0 Å². The molecule has 6 heteroatoms. The quantitative estimate of drug-likeness (QED) is 0.833.